The highest BCUT2D eigenvalue weighted by atomic mass is 19.3. The Hall–Kier alpha value is -3.54. The fraction of sp³-hybridized carbons (Fsp3) is 0.176. The van der Waals surface area contributed by atoms with Gasteiger partial charge < -0.3 is 10.4 Å². The summed E-state index contributed by atoms with van der Waals surface area (Å²) in [6.07, 6.45) is -3.57. The Labute approximate surface area is 146 Å². The van der Waals surface area contributed by atoms with Crippen molar-refractivity contribution in [3.05, 3.63) is 62.7 Å². The van der Waals surface area contributed by atoms with Crippen LogP contribution in [0.4, 0.5) is 25.8 Å². The fourth-order valence-corrected chi connectivity index (χ4v) is 2.62. The molecule has 0 atom stereocenters. The second-order valence-corrected chi connectivity index (χ2v) is 5.33. The second-order valence-electron chi connectivity index (χ2n) is 5.33. The molecule has 7 nitrogen and oxygen atoms in total. The van der Waals surface area contributed by atoms with Gasteiger partial charge in [0.1, 0.15) is 0 Å². The summed E-state index contributed by atoms with van der Waals surface area (Å²) in [6, 6.07) is 8.45. The number of nitrogens with zero attached hydrogens (tertiary/aromatic N) is 2. The van der Waals surface area contributed by atoms with E-state index in [1.807, 2.05) is 0 Å². The predicted octanol–water partition coefficient (Wildman–Crippen LogP) is 4.35. The Bertz CT molecular complexity index is 923. The normalized spacial score (nSPS) is 10.4. The minimum Gasteiger partial charge on any atom is -0.478 e. The molecule has 0 fully saturated rings. The van der Waals surface area contributed by atoms with Crippen molar-refractivity contribution in [1.82, 2.24) is 0 Å². The Kier molecular flexibility index (Phi) is 5.47. The summed E-state index contributed by atoms with van der Waals surface area (Å²) in [5, 5.41) is 32.0. The Morgan fingerprint density at radius 3 is 2.58 bits per heavy atom. The Balaban J connectivity index is 2.69. The molecule has 0 saturated carbocycles. The second kappa shape index (κ2) is 7.57. The lowest BCUT2D eigenvalue weighted by molar-refractivity contribution is -0.385. The summed E-state index contributed by atoms with van der Waals surface area (Å²) in [5.74, 6) is -1.24. The number of hydrogen-bond acceptors (Lipinski definition) is 5. The van der Waals surface area contributed by atoms with E-state index in [-0.39, 0.29) is 28.1 Å². The first-order chi connectivity index (χ1) is 12.3. The van der Waals surface area contributed by atoms with E-state index in [4.69, 9.17) is 5.26 Å². The van der Waals surface area contributed by atoms with Crippen LogP contribution in [-0.2, 0) is 6.42 Å². The molecule has 0 amide bonds. The first kappa shape index (κ1) is 18.8. The van der Waals surface area contributed by atoms with Gasteiger partial charge in [0.2, 0.25) is 0 Å². The van der Waals surface area contributed by atoms with Gasteiger partial charge >= 0.3 is 5.97 Å². The van der Waals surface area contributed by atoms with E-state index in [9.17, 15) is 28.8 Å². The molecule has 2 aromatic carbocycles. The largest absolute Gasteiger partial charge is 0.478 e. The maximum atomic E-state index is 13.5. The molecule has 2 rings (SSSR count). The van der Waals surface area contributed by atoms with Crippen LogP contribution in [0.15, 0.2) is 30.3 Å². The van der Waals surface area contributed by atoms with Crippen molar-refractivity contribution in [1.29, 1.82) is 5.26 Å². The standard InChI is InChI=1S/C17H13F2N3O4/c1-9-13(21-12-5-3-2-4-10(12)17(23)24)8-14(22(25)26)11(6-7-20)15(9)16(18)19/h2-5,8,16,21H,6H2,1H3,(H,23,24). The highest BCUT2D eigenvalue weighted by Crippen LogP contribution is 2.39. The molecule has 0 aromatic heterocycles. The molecule has 0 unspecified atom stereocenters. The summed E-state index contributed by atoms with van der Waals surface area (Å²) in [6.45, 7) is 1.33. The third-order valence-electron chi connectivity index (χ3n) is 3.82. The number of nitrogens with one attached hydrogen (secondary N) is 1. The van der Waals surface area contributed by atoms with Crippen molar-refractivity contribution >= 4 is 23.0 Å². The van der Waals surface area contributed by atoms with Crippen LogP contribution in [0.2, 0.25) is 0 Å². The minimum absolute atomic E-state index is 0.0102. The summed E-state index contributed by atoms with van der Waals surface area (Å²) in [4.78, 5) is 21.7. The number of hydrogen-bond donors (Lipinski definition) is 2. The smallest absolute Gasteiger partial charge is 0.337 e. The van der Waals surface area contributed by atoms with Gasteiger partial charge in [0, 0.05) is 17.3 Å². The molecule has 0 heterocycles. The van der Waals surface area contributed by atoms with Gasteiger partial charge in [0.25, 0.3) is 12.1 Å². The number of para-hydroxylation sites is 1. The Morgan fingerprint density at radius 2 is 2.04 bits per heavy atom. The van der Waals surface area contributed by atoms with Gasteiger partial charge in [-0.25, -0.2) is 13.6 Å². The number of halogens is 2. The van der Waals surface area contributed by atoms with Crippen molar-refractivity contribution in [2.45, 2.75) is 19.8 Å². The summed E-state index contributed by atoms with van der Waals surface area (Å²) in [7, 11) is 0. The van der Waals surface area contributed by atoms with Crippen LogP contribution in [0.1, 0.15) is 33.5 Å². The molecule has 2 N–H and O–H groups in total. The van der Waals surface area contributed by atoms with Gasteiger partial charge in [0.05, 0.1) is 34.2 Å². The number of carboxylic acid groups (broad SMARTS) is 1. The molecule has 0 aliphatic rings. The number of carbonyl (C=O) groups is 1. The molecule has 0 bridgehead atoms. The maximum Gasteiger partial charge on any atom is 0.337 e. The lowest BCUT2D eigenvalue weighted by atomic mass is 9.96. The van der Waals surface area contributed by atoms with E-state index in [1.165, 1.54) is 31.2 Å². The Morgan fingerprint density at radius 1 is 1.38 bits per heavy atom. The van der Waals surface area contributed by atoms with Gasteiger partial charge in [-0.3, -0.25) is 10.1 Å². The third-order valence-corrected chi connectivity index (χ3v) is 3.82. The fourth-order valence-electron chi connectivity index (χ4n) is 2.62. The van der Waals surface area contributed by atoms with Crippen LogP contribution in [0.25, 0.3) is 0 Å². The van der Waals surface area contributed by atoms with E-state index in [1.54, 1.807) is 6.07 Å². The number of rotatable bonds is 6. The monoisotopic (exact) mass is 361 g/mol. The molecular formula is C17H13F2N3O4. The van der Waals surface area contributed by atoms with Gasteiger partial charge in [-0.1, -0.05) is 12.1 Å². The summed E-state index contributed by atoms with van der Waals surface area (Å²) < 4.78 is 27.1. The van der Waals surface area contributed by atoms with Crippen molar-refractivity contribution in [3.63, 3.8) is 0 Å². The molecule has 0 saturated heterocycles. The minimum atomic E-state index is -3.03. The lowest BCUT2D eigenvalue weighted by Crippen LogP contribution is -2.08. The van der Waals surface area contributed by atoms with Gasteiger partial charge in [-0.15, -0.1) is 0 Å². The van der Waals surface area contributed by atoms with Crippen LogP contribution in [-0.4, -0.2) is 16.0 Å². The van der Waals surface area contributed by atoms with E-state index >= 15 is 0 Å². The lowest BCUT2D eigenvalue weighted by Gasteiger charge is -2.17. The van der Waals surface area contributed by atoms with Crippen molar-refractivity contribution in [2.75, 3.05) is 5.32 Å². The number of benzene rings is 2. The van der Waals surface area contributed by atoms with E-state index in [0.717, 1.165) is 6.07 Å². The number of carboxylic acids is 1. The maximum absolute atomic E-state index is 13.5. The molecule has 2 aromatic rings. The molecule has 9 heteroatoms. The number of nitro groups is 1. The van der Waals surface area contributed by atoms with E-state index in [2.05, 4.69) is 5.32 Å². The van der Waals surface area contributed by atoms with Crippen LogP contribution in [0.3, 0.4) is 0 Å². The number of nitriles is 1. The SMILES string of the molecule is Cc1c(Nc2ccccc2C(=O)O)cc([N+](=O)[O-])c(CC#N)c1C(F)F. The molecule has 0 spiro atoms. The third kappa shape index (κ3) is 3.59. The zero-order valence-electron chi connectivity index (χ0n) is 13.5. The average molecular weight is 361 g/mol. The van der Waals surface area contributed by atoms with Crippen molar-refractivity contribution in [3.8, 4) is 6.07 Å². The highest BCUT2D eigenvalue weighted by molar-refractivity contribution is 5.95. The summed E-state index contributed by atoms with van der Waals surface area (Å²) in [5.41, 5.74) is -1.60. The first-order valence-electron chi connectivity index (χ1n) is 7.33. The van der Waals surface area contributed by atoms with Gasteiger partial charge in [-0.05, 0) is 24.6 Å². The quantitative estimate of drug-likeness (QED) is 0.584. The molecular weight excluding hydrogens is 348 g/mol. The number of anilines is 2. The van der Waals surface area contributed by atoms with Crippen LogP contribution in [0.5, 0.6) is 0 Å². The number of aromatic carboxylic acids is 1. The van der Waals surface area contributed by atoms with Gasteiger partial charge in [-0.2, -0.15) is 5.26 Å². The molecule has 0 aliphatic heterocycles. The zero-order chi connectivity index (χ0) is 19.4. The molecule has 0 radical (unpaired) electrons. The zero-order valence-corrected chi connectivity index (χ0v) is 13.5. The van der Waals surface area contributed by atoms with Crippen LogP contribution < -0.4 is 5.32 Å². The van der Waals surface area contributed by atoms with E-state index < -0.39 is 35.0 Å². The van der Waals surface area contributed by atoms with E-state index in [0.29, 0.717) is 0 Å². The molecule has 0 aliphatic carbocycles. The topological polar surface area (TPSA) is 116 Å². The predicted molar refractivity (Wildman–Crippen MR) is 88.8 cm³/mol. The number of nitro benzene ring substituents is 1. The van der Waals surface area contributed by atoms with Crippen LogP contribution in [0, 0.1) is 28.4 Å². The first-order valence-corrected chi connectivity index (χ1v) is 7.33. The average Bonchev–Trinajstić information content (AvgIpc) is 2.57. The van der Waals surface area contributed by atoms with Crippen molar-refractivity contribution < 1.29 is 23.6 Å². The van der Waals surface area contributed by atoms with Gasteiger partial charge in [0.15, 0.2) is 0 Å². The van der Waals surface area contributed by atoms with Crippen molar-refractivity contribution in [2.24, 2.45) is 0 Å². The van der Waals surface area contributed by atoms with Crippen LogP contribution >= 0.6 is 0 Å². The molecule has 134 valence electrons. The number of alkyl halides is 2. The molecule has 26 heavy (non-hydrogen) atoms. The highest BCUT2D eigenvalue weighted by Gasteiger charge is 2.27. The summed E-state index contributed by atoms with van der Waals surface area (Å²) >= 11 is 0.